The van der Waals surface area contributed by atoms with E-state index in [-0.39, 0.29) is 5.56 Å². The normalized spacial score (nSPS) is 12.1. The van der Waals surface area contributed by atoms with Crippen LogP contribution < -0.4 is 0 Å². The van der Waals surface area contributed by atoms with Gasteiger partial charge in [0.1, 0.15) is 0 Å². The molecular formula is C11H8F4N2O2. The van der Waals surface area contributed by atoms with Crippen molar-refractivity contribution >= 4 is 17.0 Å². The van der Waals surface area contributed by atoms with Gasteiger partial charge in [0.25, 0.3) is 0 Å². The first-order chi connectivity index (χ1) is 8.90. The zero-order chi connectivity index (χ0) is 14.0. The van der Waals surface area contributed by atoms with Gasteiger partial charge < -0.3 is 9.72 Å². The minimum atomic E-state index is -4.35. The average Bonchev–Trinajstić information content (AvgIpc) is 2.82. The number of fused-ring (bicyclic) bond motifs is 1. The highest BCUT2D eigenvalue weighted by atomic mass is 19.3. The molecule has 0 radical (unpaired) electrons. The number of hydrogen-bond donors (Lipinski definition) is 1. The topological polar surface area (TPSA) is 55.0 Å². The molecule has 0 amide bonds. The predicted molar refractivity (Wildman–Crippen MR) is 57.3 cm³/mol. The van der Waals surface area contributed by atoms with Crippen LogP contribution in [-0.2, 0) is 4.74 Å². The van der Waals surface area contributed by atoms with Crippen molar-refractivity contribution in [1.82, 2.24) is 9.97 Å². The standard InChI is InChI=1S/C11H8F4N2O2/c12-10(13)11(14,15)4-19-9(18)6-1-2-7-8(3-6)17-5-16-7/h1-3,5,10H,4H2,(H,16,17). The maximum Gasteiger partial charge on any atom is 0.340 e. The van der Waals surface area contributed by atoms with E-state index in [4.69, 9.17) is 0 Å². The highest BCUT2D eigenvalue weighted by molar-refractivity contribution is 5.93. The Balaban J connectivity index is 2.07. The fraction of sp³-hybridized carbons (Fsp3) is 0.273. The number of ether oxygens (including phenoxy) is 1. The third kappa shape index (κ3) is 2.83. The van der Waals surface area contributed by atoms with Gasteiger partial charge in [-0.1, -0.05) is 0 Å². The molecule has 0 bridgehead atoms. The first-order valence-electron chi connectivity index (χ1n) is 5.16. The lowest BCUT2D eigenvalue weighted by atomic mass is 10.2. The zero-order valence-corrected chi connectivity index (χ0v) is 9.37. The van der Waals surface area contributed by atoms with Crippen LogP contribution in [0.3, 0.4) is 0 Å². The molecule has 2 rings (SSSR count). The molecule has 1 aromatic heterocycles. The second-order valence-electron chi connectivity index (χ2n) is 3.77. The Morgan fingerprint density at radius 1 is 1.42 bits per heavy atom. The van der Waals surface area contributed by atoms with Gasteiger partial charge in [-0.3, -0.25) is 0 Å². The van der Waals surface area contributed by atoms with Crippen molar-refractivity contribution in [3.63, 3.8) is 0 Å². The molecule has 0 spiro atoms. The number of H-pyrrole nitrogens is 1. The Morgan fingerprint density at radius 2 is 2.16 bits per heavy atom. The smallest absolute Gasteiger partial charge is 0.340 e. The summed E-state index contributed by atoms with van der Waals surface area (Å²) in [5, 5.41) is 0. The van der Waals surface area contributed by atoms with Crippen LogP contribution in [0.1, 0.15) is 10.4 Å². The zero-order valence-electron chi connectivity index (χ0n) is 9.37. The minimum absolute atomic E-state index is 0.0261. The highest BCUT2D eigenvalue weighted by Gasteiger charge is 2.42. The predicted octanol–water partition coefficient (Wildman–Crippen LogP) is 2.62. The summed E-state index contributed by atoms with van der Waals surface area (Å²) in [5.74, 6) is -5.45. The molecule has 0 aliphatic heterocycles. The molecular weight excluding hydrogens is 268 g/mol. The van der Waals surface area contributed by atoms with E-state index in [0.717, 1.165) is 0 Å². The van der Waals surface area contributed by atoms with Gasteiger partial charge in [0.15, 0.2) is 6.61 Å². The van der Waals surface area contributed by atoms with E-state index in [0.29, 0.717) is 11.0 Å². The summed E-state index contributed by atoms with van der Waals surface area (Å²) in [6.45, 7) is -1.66. The van der Waals surface area contributed by atoms with E-state index in [1.165, 1.54) is 24.5 Å². The van der Waals surface area contributed by atoms with E-state index in [1.807, 2.05) is 0 Å². The van der Waals surface area contributed by atoms with Crippen molar-refractivity contribution in [3.8, 4) is 0 Å². The summed E-state index contributed by atoms with van der Waals surface area (Å²) >= 11 is 0. The Kier molecular flexibility index (Phi) is 3.41. The van der Waals surface area contributed by atoms with Crippen LogP contribution in [0.5, 0.6) is 0 Å². The maximum absolute atomic E-state index is 12.6. The van der Waals surface area contributed by atoms with Crippen molar-refractivity contribution in [2.24, 2.45) is 0 Å². The number of esters is 1. The summed E-state index contributed by atoms with van der Waals surface area (Å²) in [4.78, 5) is 18.1. The number of carbonyl (C=O) groups excluding carboxylic acids is 1. The monoisotopic (exact) mass is 276 g/mol. The molecule has 2 aromatic rings. The number of aromatic amines is 1. The molecule has 0 aliphatic carbocycles. The molecule has 1 heterocycles. The van der Waals surface area contributed by atoms with E-state index in [9.17, 15) is 22.4 Å². The van der Waals surface area contributed by atoms with E-state index < -0.39 is 24.9 Å². The number of nitrogens with one attached hydrogen (secondary N) is 1. The van der Waals surface area contributed by atoms with Gasteiger partial charge in [0.05, 0.1) is 22.9 Å². The van der Waals surface area contributed by atoms with Crippen molar-refractivity contribution in [2.45, 2.75) is 12.3 Å². The van der Waals surface area contributed by atoms with Gasteiger partial charge in [-0.05, 0) is 18.2 Å². The first kappa shape index (κ1) is 13.3. The number of alkyl halides is 4. The highest BCUT2D eigenvalue weighted by Crippen LogP contribution is 2.23. The third-order valence-corrected chi connectivity index (χ3v) is 2.37. The van der Waals surface area contributed by atoms with Crippen molar-refractivity contribution in [1.29, 1.82) is 0 Å². The molecule has 19 heavy (non-hydrogen) atoms. The Hall–Kier alpha value is -2.12. The largest absolute Gasteiger partial charge is 0.455 e. The van der Waals surface area contributed by atoms with Crippen LogP contribution >= 0.6 is 0 Å². The SMILES string of the molecule is O=C(OCC(F)(F)C(F)F)c1ccc2nc[nH]c2c1. The number of rotatable bonds is 4. The number of hydrogen-bond acceptors (Lipinski definition) is 3. The summed E-state index contributed by atoms with van der Waals surface area (Å²) in [5.41, 5.74) is 1.06. The fourth-order valence-corrected chi connectivity index (χ4v) is 1.37. The molecule has 1 N–H and O–H groups in total. The van der Waals surface area contributed by atoms with Crippen LogP contribution in [0.15, 0.2) is 24.5 Å². The summed E-state index contributed by atoms with van der Waals surface area (Å²) in [6, 6.07) is 4.13. The molecule has 0 saturated heterocycles. The van der Waals surface area contributed by atoms with Crippen molar-refractivity contribution in [2.75, 3.05) is 6.61 Å². The molecule has 1 aromatic carbocycles. The first-order valence-corrected chi connectivity index (χ1v) is 5.16. The minimum Gasteiger partial charge on any atom is -0.455 e. The van der Waals surface area contributed by atoms with E-state index >= 15 is 0 Å². The van der Waals surface area contributed by atoms with Crippen molar-refractivity contribution in [3.05, 3.63) is 30.1 Å². The van der Waals surface area contributed by atoms with E-state index in [2.05, 4.69) is 14.7 Å². The summed E-state index contributed by atoms with van der Waals surface area (Å²) in [6.07, 6.45) is -2.49. The molecule has 0 atom stereocenters. The van der Waals surface area contributed by atoms with Crippen LogP contribution in [0.2, 0.25) is 0 Å². The van der Waals surface area contributed by atoms with Crippen LogP contribution in [0.25, 0.3) is 11.0 Å². The Bertz CT molecular complexity index is 597. The third-order valence-electron chi connectivity index (χ3n) is 2.37. The number of imidazole rings is 1. The number of aromatic nitrogens is 2. The molecule has 0 saturated carbocycles. The lowest BCUT2D eigenvalue weighted by molar-refractivity contribution is -0.155. The van der Waals surface area contributed by atoms with Gasteiger partial charge in [-0.25, -0.2) is 18.6 Å². The number of benzene rings is 1. The lowest BCUT2D eigenvalue weighted by Crippen LogP contribution is -2.33. The van der Waals surface area contributed by atoms with Crippen LogP contribution in [0.4, 0.5) is 17.6 Å². The average molecular weight is 276 g/mol. The molecule has 102 valence electrons. The van der Waals surface area contributed by atoms with Gasteiger partial charge in [-0.15, -0.1) is 0 Å². The second-order valence-corrected chi connectivity index (χ2v) is 3.77. The Labute approximate surface area is 104 Å². The number of halogens is 4. The quantitative estimate of drug-likeness (QED) is 0.690. The molecule has 0 aliphatic rings. The lowest BCUT2D eigenvalue weighted by Gasteiger charge is -2.14. The van der Waals surface area contributed by atoms with Gasteiger partial charge >= 0.3 is 18.3 Å². The second kappa shape index (κ2) is 4.87. The number of carbonyl (C=O) groups is 1. The number of nitrogens with zero attached hydrogens (tertiary/aromatic N) is 1. The molecule has 8 heteroatoms. The van der Waals surface area contributed by atoms with Gasteiger partial charge in [0, 0.05) is 0 Å². The Morgan fingerprint density at radius 3 is 2.84 bits per heavy atom. The fourth-order valence-electron chi connectivity index (χ4n) is 1.37. The molecule has 0 fully saturated rings. The van der Waals surface area contributed by atoms with Gasteiger partial charge in [0.2, 0.25) is 0 Å². The van der Waals surface area contributed by atoms with Crippen LogP contribution in [-0.4, -0.2) is 34.9 Å². The van der Waals surface area contributed by atoms with Gasteiger partial charge in [-0.2, -0.15) is 8.78 Å². The van der Waals surface area contributed by atoms with Crippen molar-refractivity contribution < 1.29 is 27.1 Å². The summed E-state index contributed by atoms with van der Waals surface area (Å²) < 4.78 is 53.1. The molecule has 0 unspecified atom stereocenters. The summed E-state index contributed by atoms with van der Waals surface area (Å²) in [7, 11) is 0. The molecule has 4 nitrogen and oxygen atoms in total. The van der Waals surface area contributed by atoms with E-state index in [1.54, 1.807) is 0 Å². The maximum atomic E-state index is 12.6. The van der Waals surface area contributed by atoms with Crippen LogP contribution in [0, 0.1) is 0 Å².